The van der Waals surface area contributed by atoms with E-state index in [1.807, 2.05) is 36.4 Å². The number of hydrogen-bond acceptors (Lipinski definition) is 4. The number of benzene rings is 2. The summed E-state index contributed by atoms with van der Waals surface area (Å²) in [7, 11) is 3.32. The van der Waals surface area contributed by atoms with Crippen molar-refractivity contribution in [2.45, 2.75) is 25.8 Å². The van der Waals surface area contributed by atoms with Crippen molar-refractivity contribution >= 4 is 11.6 Å². The fraction of sp³-hybridized carbons (Fsp3) is 0.333. The summed E-state index contributed by atoms with van der Waals surface area (Å²) >= 11 is 0. The monoisotopic (exact) mass is 350 g/mol. The molecule has 0 aromatic heterocycles. The molecule has 2 aromatic carbocycles. The minimum absolute atomic E-state index is 0.0443. The lowest BCUT2D eigenvalue weighted by atomic mass is 9.77. The number of amides is 1. The van der Waals surface area contributed by atoms with E-state index < -0.39 is 0 Å². The fourth-order valence-corrected chi connectivity index (χ4v) is 4.01. The molecule has 0 bridgehead atoms. The van der Waals surface area contributed by atoms with Crippen LogP contribution in [0.4, 0.5) is 0 Å². The van der Waals surface area contributed by atoms with Crippen molar-refractivity contribution < 1.29 is 14.3 Å². The summed E-state index contributed by atoms with van der Waals surface area (Å²) in [6.07, 6.45) is 1.94. The topological polar surface area (TPSA) is 51.1 Å². The molecule has 0 saturated heterocycles. The summed E-state index contributed by atoms with van der Waals surface area (Å²) in [5.74, 6) is 1.76. The van der Waals surface area contributed by atoms with Gasteiger partial charge in [-0.15, -0.1) is 0 Å². The Morgan fingerprint density at radius 3 is 2.42 bits per heavy atom. The molecule has 134 valence electrons. The summed E-state index contributed by atoms with van der Waals surface area (Å²) in [6.45, 7) is 1.57. The highest BCUT2D eigenvalue weighted by atomic mass is 16.5. The number of ether oxygens (including phenoxy) is 2. The number of hydrazone groups is 1. The number of carbonyl (C=O) groups is 1. The lowest BCUT2D eigenvalue weighted by Gasteiger charge is -2.29. The lowest BCUT2D eigenvalue weighted by Crippen LogP contribution is -2.31. The third-order valence-electron chi connectivity index (χ3n) is 5.31. The lowest BCUT2D eigenvalue weighted by molar-refractivity contribution is -0.131. The van der Waals surface area contributed by atoms with Crippen LogP contribution < -0.4 is 9.47 Å². The maximum atomic E-state index is 12.3. The highest BCUT2D eigenvalue weighted by molar-refractivity contribution is 6.07. The standard InChI is InChI=1S/C21H22N2O3/c1-13(24)23-21(15-5-8-16(25-2)9-6-15)18-11-7-14-4-10-17(26-3)12-19(14)20(18)22-23/h4-6,8-10,12,18,21H,7,11H2,1-3H3/t18-,21-/m0/s1. The van der Waals surface area contributed by atoms with Crippen LogP contribution in [0.15, 0.2) is 47.6 Å². The van der Waals surface area contributed by atoms with Gasteiger partial charge in [0.25, 0.3) is 0 Å². The molecule has 0 fully saturated rings. The molecule has 1 aliphatic carbocycles. The summed E-state index contributed by atoms with van der Waals surface area (Å²) in [5.41, 5.74) is 4.43. The van der Waals surface area contributed by atoms with Gasteiger partial charge in [-0.2, -0.15) is 5.10 Å². The maximum Gasteiger partial charge on any atom is 0.240 e. The van der Waals surface area contributed by atoms with Gasteiger partial charge in [-0.05, 0) is 48.2 Å². The van der Waals surface area contributed by atoms with E-state index in [-0.39, 0.29) is 17.9 Å². The van der Waals surface area contributed by atoms with Crippen molar-refractivity contribution in [1.29, 1.82) is 0 Å². The van der Waals surface area contributed by atoms with Gasteiger partial charge >= 0.3 is 0 Å². The molecule has 1 heterocycles. The van der Waals surface area contributed by atoms with E-state index in [0.717, 1.165) is 41.2 Å². The number of rotatable bonds is 3. The molecule has 26 heavy (non-hydrogen) atoms. The first kappa shape index (κ1) is 16.6. The van der Waals surface area contributed by atoms with Gasteiger partial charge in [0.2, 0.25) is 5.91 Å². The van der Waals surface area contributed by atoms with Crippen LogP contribution in [0.3, 0.4) is 0 Å². The Balaban J connectivity index is 1.77. The molecule has 0 spiro atoms. The fourth-order valence-electron chi connectivity index (χ4n) is 4.01. The van der Waals surface area contributed by atoms with Gasteiger partial charge in [0.15, 0.2) is 0 Å². The molecular weight excluding hydrogens is 328 g/mol. The van der Waals surface area contributed by atoms with E-state index in [4.69, 9.17) is 14.6 Å². The third-order valence-corrected chi connectivity index (χ3v) is 5.31. The molecule has 2 aromatic rings. The molecule has 0 N–H and O–H groups in total. The van der Waals surface area contributed by atoms with Crippen molar-refractivity contribution in [3.8, 4) is 11.5 Å². The zero-order valence-electron chi connectivity index (χ0n) is 15.2. The van der Waals surface area contributed by atoms with Gasteiger partial charge in [0.05, 0.1) is 26.0 Å². The van der Waals surface area contributed by atoms with Gasteiger partial charge in [0, 0.05) is 18.4 Å². The molecule has 0 radical (unpaired) electrons. The van der Waals surface area contributed by atoms with E-state index in [2.05, 4.69) is 6.07 Å². The summed E-state index contributed by atoms with van der Waals surface area (Å²) in [5, 5.41) is 6.38. The summed E-state index contributed by atoms with van der Waals surface area (Å²) in [6, 6.07) is 14.0. The van der Waals surface area contributed by atoms with E-state index in [1.165, 1.54) is 5.56 Å². The average molecular weight is 350 g/mol. The zero-order valence-corrected chi connectivity index (χ0v) is 15.2. The highest BCUT2D eigenvalue weighted by Gasteiger charge is 2.43. The third kappa shape index (κ3) is 2.64. The van der Waals surface area contributed by atoms with Gasteiger partial charge in [-0.25, -0.2) is 5.01 Å². The Hall–Kier alpha value is -2.82. The van der Waals surface area contributed by atoms with Crippen molar-refractivity contribution in [2.75, 3.05) is 14.2 Å². The Kier molecular flexibility index (Phi) is 4.15. The Morgan fingerprint density at radius 1 is 1.08 bits per heavy atom. The molecule has 5 nitrogen and oxygen atoms in total. The molecule has 0 unspecified atom stereocenters. The predicted molar refractivity (Wildman–Crippen MR) is 99.6 cm³/mol. The number of fused-ring (bicyclic) bond motifs is 3. The Morgan fingerprint density at radius 2 is 1.77 bits per heavy atom. The smallest absolute Gasteiger partial charge is 0.240 e. The SMILES string of the molecule is COc1ccc([C@H]2[C@H]3CCc4ccc(OC)cc4C3=NN2C(C)=O)cc1. The van der Waals surface area contributed by atoms with Crippen LogP contribution in [0.25, 0.3) is 0 Å². The summed E-state index contributed by atoms with van der Waals surface area (Å²) in [4.78, 5) is 12.3. The number of aryl methyl sites for hydroxylation is 1. The van der Waals surface area contributed by atoms with Gasteiger partial charge in [-0.3, -0.25) is 4.79 Å². The van der Waals surface area contributed by atoms with Crippen LogP contribution >= 0.6 is 0 Å². The largest absolute Gasteiger partial charge is 0.497 e. The summed E-state index contributed by atoms with van der Waals surface area (Å²) < 4.78 is 10.7. The van der Waals surface area contributed by atoms with Crippen LogP contribution in [0.2, 0.25) is 0 Å². The Labute approximate surface area is 153 Å². The average Bonchev–Trinajstić information content (AvgIpc) is 3.08. The predicted octanol–water partition coefficient (Wildman–Crippen LogP) is 3.57. The van der Waals surface area contributed by atoms with Crippen molar-refractivity contribution in [2.24, 2.45) is 11.0 Å². The second kappa shape index (κ2) is 6.48. The normalized spacial score (nSPS) is 20.9. The van der Waals surface area contributed by atoms with E-state index in [1.54, 1.807) is 26.2 Å². The Bertz CT molecular complexity index is 873. The number of methoxy groups -OCH3 is 2. The van der Waals surface area contributed by atoms with Crippen LogP contribution in [0.1, 0.15) is 36.1 Å². The van der Waals surface area contributed by atoms with E-state index in [0.29, 0.717) is 0 Å². The van der Waals surface area contributed by atoms with Crippen molar-refractivity contribution in [1.82, 2.24) is 5.01 Å². The molecule has 2 aliphatic rings. The first-order valence-corrected chi connectivity index (χ1v) is 8.82. The van der Waals surface area contributed by atoms with Gasteiger partial charge in [-0.1, -0.05) is 18.2 Å². The minimum atomic E-state index is -0.0762. The van der Waals surface area contributed by atoms with Crippen LogP contribution in [0, 0.1) is 5.92 Å². The van der Waals surface area contributed by atoms with Crippen molar-refractivity contribution in [3.63, 3.8) is 0 Å². The molecule has 1 amide bonds. The number of hydrogen-bond donors (Lipinski definition) is 0. The van der Waals surface area contributed by atoms with Crippen LogP contribution in [-0.4, -0.2) is 30.8 Å². The van der Waals surface area contributed by atoms with Crippen LogP contribution in [0.5, 0.6) is 11.5 Å². The zero-order chi connectivity index (χ0) is 18.3. The minimum Gasteiger partial charge on any atom is -0.497 e. The van der Waals surface area contributed by atoms with Gasteiger partial charge in [0.1, 0.15) is 11.5 Å². The molecule has 5 heteroatoms. The second-order valence-electron chi connectivity index (χ2n) is 6.74. The molecule has 2 atom stereocenters. The molecule has 0 saturated carbocycles. The van der Waals surface area contributed by atoms with E-state index in [9.17, 15) is 4.79 Å². The number of nitrogens with zero attached hydrogens (tertiary/aromatic N) is 2. The molecular formula is C21H22N2O3. The van der Waals surface area contributed by atoms with E-state index >= 15 is 0 Å². The number of carbonyl (C=O) groups excluding carboxylic acids is 1. The second-order valence-corrected chi connectivity index (χ2v) is 6.74. The quantitative estimate of drug-likeness (QED) is 0.850. The first-order valence-electron chi connectivity index (χ1n) is 8.82. The molecule has 1 aliphatic heterocycles. The van der Waals surface area contributed by atoms with Crippen LogP contribution in [-0.2, 0) is 11.2 Å². The first-order chi connectivity index (χ1) is 12.6. The van der Waals surface area contributed by atoms with Gasteiger partial charge < -0.3 is 9.47 Å². The molecule has 4 rings (SSSR count). The van der Waals surface area contributed by atoms with Crippen molar-refractivity contribution in [3.05, 3.63) is 59.2 Å². The highest BCUT2D eigenvalue weighted by Crippen LogP contribution is 2.44. The maximum absolute atomic E-state index is 12.3.